The van der Waals surface area contributed by atoms with Crippen LogP contribution in [0.4, 0.5) is 0 Å². The van der Waals surface area contributed by atoms with Crippen LogP contribution in [-0.4, -0.2) is 9.97 Å². The Morgan fingerprint density at radius 3 is 2.71 bits per heavy atom. The zero-order chi connectivity index (χ0) is 12.3. The van der Waals surface area contributed by atoms with Crippen molar-refractivity contribution in [3.8, 4) is 0 Å². The molecule has 2 aromatic heterocycles. The highest BCUT2D eigenvalue weighted by molar-refractivity contribution is 7.11. The molecule has 0 aromatic carbocycles. The highest BCUT2D eigenvalue weighted by Crippen LogP contribution is 2.23. The van der Waals surface area contributed by atoms with Crippen molar-refractivity contribution < 1.29 is 0 Å². The van der Waals surface area contributed by atoms with Crippen molar-refractivity contribution in [2.24, 2.45) is 0 Å². The summed E-state index contributed by atoms with van der Waals surface area (Å²) in [5.74, 6) is 0. The minimum absolute atomic E-state index is 0.269. The van der Waals surface area contributed by atoms with Gasteiger partial charge in [-0.1, -0.05) is 6.92 Å². The molecule has 0 bridgehead atoms. The standard InChI is InChI=1S/C12H17N3S2/c1-4-10-5-13-12(17-10)9(3)15-8(2)11-6-16-7-14-11/h5-9,15H,4H2,1-3H3. The van der Waals surface area contributed by atoms with Gasteiger partial charge in [0.2, 0.25) is 0 Å². The molecule has 0 aliphatic rings. The number of hydrogen-bond acceptors (Lipinski definition) is 5. The second-order valence-corrected chi connectivity index (χ2v) is 5.91. The number of nitrogens with one attached hydrogen (secondary N) is 1. The van der Waals surface area contributed by atoms with Crippen LogP contribution in [0.15, 0.2) is 17.1 Å². The van der Waals surface area contributed by atoms with E-state index in [2.05, 4.69) is 41.4 Å². The molecule has 2 atom stereocenters. The monoisotopic (exact) mass is 267 g/mol. The van der Waals surface area contributed by atoms with E-state index in [1.807, 2.05) is 11.7 Å². The Morgan fingerprint density at radius 2 is 2.12 bits per heavy atom. The van der Waals surface area contributed by atoms with E-state index in [0.717, 1.165) is 17.1 Å². The van der Waals surface area contributed by atoms with Gasteiger partial charge in [0.25, 0.3) is 0 Å². The van der Waals surface area contributed by atoms with E-state index in [-0.39, 0.29) is 12.1 Å². The summed E-state index contributed by atoms with van der Waals surface area (Å²) in [7, 11) is 0. The van der Waals surface area contributed by atoms with Crippen molar-refractivity contribution in [1.82, 2.24) is 15.3 Å². The second-order valence-electron chi connectivity index (χ2n) is 4.04. The van der Waals surface area contributed by atoms with Crippen LogP contribution >= 0.6 is 22.7 Å². The van der Waals surface area contributed by atoms with Crippen molar-refractivity contribution in [2.45, 2.75) is 39.3 Å². The molecule has 5 heteroatoms. The Morgan fingerprint density at radius 1 is 1.29 bits per heavy atom. The summed E-state index contributed by atoms with van der Waals surface area (Å²) in [5.41, 5.74) is 2.98. The molecule has 0 radical (unpaired) electrons. The van der Waals surface area contributed by atoms with Crippen molar-refractivity contribution in [3.05, 3.63) is 32.7 Å². The van der Waals surface area contributed by atoms with Gasteiger partial charge in [0.05, 0.1) is 17.2 Å². The van der Waals surface area contributed by atoms with Crippen molar-refractivity contribution in [2.75, 3.05) is 0 Å². The molecule has 92 valence electrons. The molecule has 0 spiro atoms. The Labute approximate surface area is 110 Å². The minimum atomic E-state index is 0.269. The van der Waals surface area contributed by atoms with E-state index in [9.17, 15) is 0 Å². The third-order valence-corrected chi connectivity index (χ3v) is 4.61. The Hall–Kier alpha value is -0.780. The molecular formula is C12H17N3S2. The average Bonchev–Trinajstić information content (AvgIpc) is 3.00. The molecule has 0 aliphatic heterocycles. The summed E-state index contributed by atoms with van der Waals surface area (Å²) in [6, 6.07) is 0.544. The molecule has 0 amide bonds. The van der Waals surface area contributed by atoms with Crippen molar-refractivity contribution in [3.63, 3.8) is 0 Å². The van der Waals surface area contributed by atoms with E-state index in [4.69, 9.17) is 0 Å². The van der Waals surface area contributed by atoms with Crippen LogP contribution in [0.25, 0.3) is 0 Å². The van der Waals surface area contributed by atoms with Crippen LogP contribution in [0.3, 0.4) is 0 Å². The van der Waals surface area contributed by atoms with Crippen LogP contribution in [-0.2, 0) is 6.42 Å². The van der Waals surface area contributed by atoms with Crippen LogP contribution in [0.1, 0.15) is 48.4 Å². The van der Waals surface area contributed by atoms with E-state index in [1.165, 1.54) is 4.88 Å². The van der Waals surface area contributed by atoms with Gasteiger partial charge in [-0.2, -0.15) is 0 Å². The molecule has 2 heterocycles. The zero-order valence-electron chi connectivity index (χ0n) is 10.3. The van der Waals surface area contributed by atoms with Gasteiger partial charge in [-0.25, -0.2) is 9.97 Å². The van der Waals surface area contributed by atoms with E-state index < -0.39 is 0 Å². The lowest BCUT2D eigenvalue weighted by atomic mass is 10.2. The number of rotatable bonds is 5. The maximum Gasteiger partial charge on any atom is 0.109 e. The first-order chi connectivity index (χ1) is 8.20. The quantitative estimate of drug-likeness (QED) is 0.900. The molecule has 2 unspecified atom stereocenters. The van der Waals surface area contributed by atoms with Gasteiger partial charge in [-0.05, 0) is 20.3 Å². The predicted octanol–water partition coefficient (Wildman–Crippen LogP) is 3.57. The molecule has 17 heavy (non-hydrogen) atoms. The van der Waals surface area contributed by atoms with Gasteiger partial charge in [-0.15, -0.1) is 22.7 Å². The summed E-state index contributed by atoms with van der Waals surface area (Å²) < 4.78 is 0. The maximum atomic E-state index is 4.46. The van der Waals surface area contributed by atoms with Gasteiger partial charge in [0, 0.05) is 22.5 Å². The summed E-state index contributed by atoms with van der Waals surface area (Å²) >= 11 is 3.42. The fourth-order valence-electron chi connectivity index (χ4n) is 1.65. The smallest absolute Gasteiger partial charge is 0.109 e. The molecule has 0 saturated heterocycles. The Kier molecular flexibility index (Phi) is 4.25. The average molecular weight is 267 g/mol. The summed E-state index contributed by atoms with van der Waals surface area (Å²) in [6.07, 6.45) is 3.04. The number of thiazole rings is 2. The Balaban J connectivity index is 1.99. The topological polar surface area (TPSA) is 37.8 Å². The van der Waals surface area contributed by atoms with Crippen molar-refractivity contribution >= 4 is 22.7 Å². The highest BCUT2D eigenvalue weighted by Gasteiger charge is 2.14. The molecule has 2 rings (SSSR count). The lowest BCUT2D eigenvalue weighted by Crippen LogP contribution is -2.22. The summed E-state index contributed by atoms with van der Waals surface area (Å²) in [4.78, 5) is 10.1. The fraction of sp³-hybridized carbons (Fsp3) is 0.500. The largest absolute Gasteiger partial charge is 0.300 e. The molecule has 0 fully saturated rings. The van der Waals surface area contributed by atoms with Gasteiger partial charge in [0.1, 0.15) is 5.01 Å². The fourth-order valence-corrected chi connectivity index (χ4v) is 3.17. The maximum absolute atomic E-state index is 4.46. The summed E-state index contributed by atoms with van der Waals surface area (Å²) in [5, 5.41) is 6.77. The number of aromatic nitrogens is 2. The normalized spacial score (nSPS) is 14.8. The molecule has 1 N–H and O–H groups in total. The van der Waals surface area contributed by atoms with Crippen LogP contribution in [0, 0.1) is 0 Å². The first kappa shape index (κ1) is 12.7. The van der Waals surface area contributed by atoms with Gasteiger partial charge in [0.15, 0.2) is 0 Å². The highest BCUT2D eigenvalue weighted by atomic mass is 32.1. The molecular weight excluding hydrogens is 250 g/mol. The van der Waals surface area contributed by atoms with Crippen LogP contribution < -0.4 is 5.32 Å². The first-order valence-corrected chi connectivity index (χ1v) is 7.55. The lowest BCUT2D eigenvalue weighted by Gasteiger charge is -2.16. The van der Waals surface area contributed by atoms with Crippen molar-refractivity contribution in [1.29, 1.82) is 0 Å². The van der Waals surface area contributed by atoms with E-state index >= 15 is 0 Å². The number of nitrogens with zero attached hydrogens (tertiary/aromatic N) is 2. The van der Waals surface area contributed by atoms with Crippen LogP contribution in [0.5, 0.6) is 0 Å². The number of aryl methyl sites for hydroxylation is 1. The molecule has 0 aliphatic carbocycles. The lowest BCUT2D eigenvalue weighted by molar-refractivity contribution is 0.486. The van der Waals surface area contributed by atoms with Crippen LogP contribution in [0.2, 0.25) is 0 Å². The molecule has 3 nitrogen and oxygen atoms in total. The number of hydrogen-bond donors (Lipinski definition) is 1. The zero-order valence-corrected chi connectivity index (χ0v) is 11.9. The Bertz CT molecular complexity index is 450. The molecule has 0 saturated carbocycles. The third kappa shape index (κ3) is 3.12. The van der Waals surface area contributed by atoms with Gasteiger partial charge in [-0.3, -0.25) is 0 Å². The second kappa shape index (κ2) is 5.71. The van der Waals surface area contributed by atoms with E-state index in [1.54, 1.807) is 22.7 Å². The first-order valence-electron chi connectivity index (χ1n) is 5.79. The third-order valence-electron chi connectivity index (χ3n) is 2.69. The van der Waals surface area contributed by atoms with Gasteiger partial charge < -0.3 is 5.32 Å². The SMILES string of the molecule is CCc1cnc(C(C)NC(C)c2cscn2)s1. The predicted molar refractivity (Wildman–Crippen MR) is 73.6 cm³/mol. The van der Waals surface area contributed by atoms with E-state index in [0.29, 0.717) is 0 Å². The summed E-state index contributed by atoms with van der Waals surface area (Å²) in [6.45, 7) is 6.45. The molecule has 2 aromatic rings. The minimum Gasteiger partial charge on any atom is -0.300 e. The van der Waals surface area contributed by atoms with Gasteiger partial charge >= 0.3 is 0 Å².